The minimum Gasteiger partial charge on any atom is -1.00 e. The Balaban J connectivity index is 0.00000323. The second kappa shape index (κ2) is 15.1. The molecule has 0 amide bonds. The first-order valence-corrected chi connectivity index (χ1v) is 24.6. The van der Waals surface area contributed by atoms with Crippen molar-refractivity contribution < 1.29 is 59.9 Å². The van der Waals surface area contributed by atoms with Gasteiger partial charge in [0.25, 0.3) is 0 Å². The van der Waals surface area contributed by atoms with Gasteiger partial charge in [0.15, 0.2) is 0 Å². The summed E-state index contributed by atoms with van der Waals surface area (Å²) in [6.07, 6.45) is 4.72. The van der Waals surface area contributed by atoms with Crippen molar-refractivity contribution in [2.45, 2.75) is 117 Å². The van der Waals surface area contributed by atoms with Crippen LogP contribution in [0.3, 0.4) is 0 Å². The molecule has 0 saturated heterocycles. The fourth-order valence-corrected chi connectivity index (χ4v) is 13.1. The third-order valence-electron chi connectivity index (χ3n) is 10.6. The van der Waals surface area contributed by atoms with E-state index in [2.05, 4.69) is 141 Å². The van der Waals surface area contributed by atoms with Crippen LogP contribution >= 0.6 is 0 Å². The van der Waals surface area contributed by atoms with E-state index in [9.17, 15) is 0 Å². The number of halogens is 2. The zero-order valence-corrected chi connectivity index (χ0v) is 36.1. The van der Waals surface area contributed by atoms with Crippen molar-refractivity contribution in [2.75, 3.05) is 0 Å². The molecule has 240 valence electrons. The summed E-state index contributed by atoms with van der Waals surface area (Å²) in [7, 11) is -6.48. The van der Waals surface area contributed by atoms with Crippen LogP contribution in [0.4, 0.5) is 0 Å². The van der Waals surface area contributed by atoms with Crippen molar-refractivity contribution in [1.82, 2.24) is 0 Å². The fourth-order valence-electron chi connectivity index (χ4n) is 6.32. The van der Waals surface area contributed by atoms with E-state index in [1.165, 1.54) is 57.6 Å². The van der Waals surface area contributed by atoms with Crippen molar-refractivity contribution >= 4 is 56.6 Å². The zero-order valence-electron chi connectivity index (χ0n) is 29.2. The molecule has 4 aromatic rings. The summed E-state index contributed by atoms with van der Waals surface area (Å²) in [6.45, 7) is 28.9. The average Bonchev–Trinajstić information content (AvgIpc) is 3.43. The van der Waals surface area contributed by atoms with Gasteiger partial charge in [0.05, 0.1) is 8.07 Å². The summed E-state index contributed by atoms with van der Waals surface area (Å²) in [6, 6.07) is 22.6. The molecule has 44 heavy (non-hydrogen) atoms. The van der Waals surface area contributed by atoms with Gasteiger partial charge in [-0.05, 0) is 60.6 Å². The summed E-state index contributed by atoms with van der Waals surface area (Å²) in [4.78, 5) is 0. The molecule has 2 nitrogen and oxygen atoms in total. The van der Waals surface area contributed by atoms with Crippen LogP contribution in [0.15, 0.2) is 60.7 Å². The number of hydrogen-bond acceptors (Lipinski definition) is 2. The van der Waals surface area contributed by atoms with E-state index in [0.717, 1.165) is 11.5 Å². The average molecular weight is 765 g/mol. The molecule has 8 heteroatoms. The summed E-state index contributed by atoms with van der Waals surface area (Å²) in [5, 5.41) is 8.24. The van der Waals surface area contributed by atoms with Crippen LogP contribution in [0, 0.1) is 0 Å². The van der Waals surface area contributed by atoms with Gasteiger partial charge in [0, 0.05) is 0 Å². The van der Waals surface area contributed by atoms with Gasteiger partial charge in [-0.15, -0.1) is 80.4 Å². The molecule has 0 aliphatic heterocycles. The Morgan fingerprint density at radius 2 is 0.909 bits per heavy atom. The SMILES string of the molecule is CCCC(C)(C)[Si](C)(C)Oc1c([Si](C)(C)c2[cH-]c3ccccc3c2O[Si](C)(C)C(C)(C)CCC)[cH-]c2ccccc12.[Cl-].[Cl-].[Zr+4]. The van der Waals surface area contributed by atoms with E-state index < -0.39 is 24.7 Å². The molecule has 0 spiro atoms. The first-order valence-electron chi connectivity index (χ1n) is 15.7. The van der Waals surface area contributed by atoms with E-state index in [1.807, 2.05) is 0 Å². The van der Waals surface area contributed by atoms with Crippen molar-refractivity contribution in [2.24, 2.45) is 0 Å². The van der Waals surface area contributed by atoms with Gasteiger partial charge in [0.2, 0.25) is 16.6 Å². The maximum atomic E-state index is 7.35. The second-order valence-electron chi connectivity index (χ2n) is 15.1. The van der Waals surface area contributed by atoms with E-state index in [-0.39, 0.29) is 61.1 Å². The molecular weight excluding hydrogens is 711 g/mol. The Morgan fingerprint density at radius 1 is 0.591 bits per heavy atom. The molecule has 0 fully saturated rings. The first kappa shape index (κ1) is 41.4. The maximum Gasteiger partial charge on any atom is 4.00 e. The molecule has 0 saturated carbocycles. The third kappa shape index (κ3) is 7.74. The van der Waals surface area contributed by atoms with Crippen LogP contribution < -0.4 is 44.0 Å². The minimum atomic E-state index is -2.27. The van der Waals surface area contributed by atoms with Crippen molar-refractivity contribution in [1.29, 1.82) is 0 Å². The third-order valence-corrected chi connectivity index (χ3v) is 22.5. The molecule has 4 aromatic carbocycles. The molecule has 0 heterocycles. The summed E-state index contributed by atoms with van der Waals surface area (Å²) in [5.41, 5.74) is 0. The van der Waals surface area contributed by atoms with Crippen molar-refractivity contribution in [3.05, 3.63) is 60.7 Å². The first-order chi connectivity index (χ1) is 19.0. The molecule has 0 bridgehead atoms. The van der Waals surface area contributed by atoms with E-state index >= 15 is 0 Å². The molecule has 0 aliphatic rings. The molecule has 0 N–H and O–H groups in total. The number of rotatable bonds is 12. The van der Waals surface area contributed by atoms with Crippen LogP contribution in [-0.2, 0) is 26.2 Å². The zero-order chi connectivity index (χ0) is 30.4. The Bertz CT molecular complexity index is 1410. The molecule has 0 radical (unpaired) electrons. The van der Waals surface area contributed by atoms with Gasteiger partial charge >= 0.3 is 26.2 Å². The largest absolute Gasteiger partial charge is 4.00 e. The molecule has 0 unspecified atom stereocenters. The van der Waals surface area contributed by atoms with Crippen LogP contribution in [0.2, 0.25) is 49.4 Å². The van der Waals surface area contributed by atoms with Crippen molar-refractivity contribution in [3.63, 3.8) is 0 Å². The Hall–Kier alpha value is -0.626. The van der Waals surface area contributed by atoms with Gasteiger partial charge in [-0.25, -0.2) is 0 Å². The van der Waals surface area contributed by atoms with Gasteiger partial charge in [0.1, 0.15) is 0 Å². The Labute approximate surface area is 303 Å². The van der Waals surface area contributed by atoms with Crippen LogP contribution in [0.5, 0.6) is 11.5 Å². The molecule has 4 rings (SSSR count). The van der Waals surface area contributed by atoms with E-state index in [1.54, 1.807) is 0 Å². The molecule has 0 aromatic heterocycles. The number of fused-ring (bicyclic) bond motifs is 2. The smallest absolute Gasteiger partial charge is 1.00 e. The Kier molecular flexibility index (Phi) is 14.2. The van der Waals surface area contributed by atoms with Crippen LogP contribution in [0.25, 0.3) is 21.5 Å². The fraction of sp³-hybridized carbons (Fsp3) is 0.500. The normalized spacial score (nSPS) is 12.8. The van der Waals surface area contributed by atoms with Gasteiger partial charge in [-0.2, -0.15) is 0 Å². The minimum absolute atomic E-state index is 0. The number of hydrogen-bond donors (Lipinski definition) is 0. The molecule has 0 atom stereocenters. The van der Waals surface area contributed by atoms with E-state index in [4.69, 9.17) is 8.85 Å². The quantitative estimate of drug-likeness (QED) is 0.156. The van der Waals surface area contributed by atoms with Crippen LogP contribution in [0.1, 0.15) is 67.2 Å². The predicted octanol–water partition coefficient (Wildman–Crippen LogP) is 4.59. The standard InChI is InChI=1S/C36H54O2Si3.2ClH.Zr/c1-13-23-35(3,4)40(9,10)37-33-29-21-17-15-19-27(29)25-31(33)39(7,8)32-26-28-20-16-18-22-30(28)34(32)38-41(11,12)36(5,6)24-14-2;;;/h15-22,25-26H,13-14,23-24H2,1-12H3;2*1H;/q-2;;;+4/p-2. The summed E-state index contributed by atoms with van der Waals surface area (Å²) in [5.74, 6) is 2.27. The van der Waals surface area contributed by atoms with Gasteiger partial charge in [-0.3, -0.25) is 0 Å². The van der Waals surface area contributed by atoms with Gasteiger partial charge in [-0.1, -0.05) is 79.6 Å². The maximum absolute atomic E-state index is 7.35. The topological polar surface area (TPSA) is 18.5 Å². The van der Waals surface area contributed by atoms with Gasteiger partial charge < -0.3 is 33.7 Å². The number of benzene rings is 2. The molecular formula is C36H54Cl2O2Si3Zr. The monoisotopic (exact) mass is 762 g/mol. The summed E-state index contributed by atoms with van der Waals surface area (Å²) < 4.78 is 14.7. The predicted molar refractivity (Wildman–Crippen MR) is 190 cm³/mol. The van der Waals surface area contributed by atoms with Crippen LogP contribution in [-0.4, -0.2) is 24.7 Å². The Morgan fingerprint density at radius 3 is 1.23 bits per heavy atom. The summed E-state index contributed by atoms with van der Waals surface area (Å²) >= 11 is 0. The second-order valence-corrected chi connectivity index (χ2v) is 28.6. The van der Waals surface area contributed by atoms with Crippen molar-refractivity contribution in [3.8, 4) is 11.5 Å². The molecule has 0 aliphatic carbocycles. The van der Waals surface area contributed by atoms with E-state index in [0.29, 0.717) is 0 Å².